The van der Waals surface area contributed by atoms with Crippen LogP contribution in [0.2, 0.25) is 0 Å². The normalized spacial score (nSPS) is 12.4. The molecule has 0 aliphatic carbocycles. The monoisotopic (exact) mass is 683 g/mol. The summed E-state index contributed by atoms with van der Waals surface area (Å²) in [6.07, 6.45) is 1.03. The molecule has 0 radical (unpaired) electrons. The molecule has 7 rings (SSSR count). The molecule has 0 saturated heterocycles. The van der Waals surface area contributed by atoms with E-state index in [1.54, 1.807) is 31.2 Å². The molecule has 9 nitrogen and oxygen atoms in total. The molecule has 0 amide bonds. The van der Waals surface area contributed by atoms with Crippen molar-refractivity contribution in [2.75, 3.05) is 11.9 Å². The summed E-state index contributed by atoms with van der Waals surface area (Å²) in [4.78, 5) is 12.0. The van der Waals surface area contributed by atoms with E-state index in [-0.39, 0.29) is 5.97 Å². The first-order valence-electron chi connectivity index (χ1n) is 17.4. The van der Waals surface area contributed by atoms with Crippen LogP contribution in [0.15, 0.2) is 164 Å². The van der Waals surface area contributed by atoms with Gasteiger partial charge in [0.1, 0.15) is 0 Å². The highest BCUT2D eigenvalue weighted by Crippen LogP contribution is 2.39. The van der Waals surface area contributed by atoms with E-state index in [1.807, 2.05) is 91.0 Å². The quantitative estimate of drug-likeness (QED) is 0.108. The van der Waals surface area contributed by atoms with Crippen molar-refractivity contribution in [1.82, 2.24) is 0 Å². The van der Waals surface area contributed by atoms with E-state index in [4.69, 9.17) is 25.2 Å². The SMILES string of the molecule is CCOC(=O)c1ccc(N=Nc2ccc(N=Nc3ccc(N=Nc4ccc(NC(C)CC)c5ccccc45)c4ccccc34)c3ccccc23)cc1. The van der Waals surface area contributed by atoms with Gasteiger partial charge >= 0.3 is 5.97 Å². The Morgan fingerprint density at radius 1 is 0.519 bits per heavy atom. The predicted molar refractivity (Wildman–Crippen MR) is 210 cm³/mol. The Balaban J connectivity index is 1.16. The highest BCUT2D eigenvalue weighted by atomic mass is 16.5. The molecule has 256 valence electrons. The molecule has 0 spiro atoms. The Bertz CT molecular complexity index is 2490. The summed E-state index contributed by atoms with van der Waals surface area (Å²) in [6, 6.07) is 43.1. The largest absolute Gasteiger partial charge is 0.462 e. The number of benzene rings is 7. The van der Waals surface area contributed by atoms with Crippen LogP contribution >= 0.6 is 0 Å². The first-order valence-corrected chi connectivity index (χ1v) is 17.4. The molecule has 1 atom stereocenters. The lowest BCUT2D eigenvalue weighted by Crippen LogP contribution is -2.13. The molecule has 7 aromatic carbocycles. The van der Waals surface area contributed by atoms with Crippen LogP contribution in [0.25, 0.3) is 32.3 Å². The number of carbonyl (C=O) groups is 1. The molecule has 0 aliphatic rings. The minimum Gasteiger partial charge on any atom is -0.462 e. The Labute approximate surface area is 301 Å². The summed E-state index contributed by atoms with van der Waals surface area (Å²) in [7, 11) is 0. The molecular weight excluding hydrogens is 647 g/mol. The number of hydrogen-bond donors (Lipinski definition) is 1. The summed E-state index contributed by atoms with van der Waals surface area (Å²) in [5, 5.41) is 37.2. The number of nitrogens with one attached hydrogen (secondary N) is 1. The fourth-order valence-electron chi connectivity index (χ4n) is 5.95. The zero-order chi connectivity index (χ0) is 35.9. The van der Waals surface area contributed by atoms with Crippen molar-refractivity contribution in [3.63, 3.8) is 0 Å². The van der Waals surface area contributed by atoms with Crippen LogP contribution in [-0.4, -0.2) is 18.6 Å². The second kappa shape index (κ2) is 15.5. The van der Waals surface area contributed by atoms with E-state index in [0.717, 1.165) is 61.5 Å². The molecule has 52 heavy (non-hydrogen) atoms. The second-order valence-electron chi connectivity index (χ2n) is 12.3. The van der Waals surface area contributed by atoms with Gasteiger partial charge in [0.05, 0.1) is 46.3 Å². The van der Waals surface area contributed by atoms with Crippen LogP contribution in [-0.2, 0) is 4.74 Å². The van der Waals surface area contributed by atoms with Crippen molar-refractivity contribution in [2.24, 2.45) is 30.7 Å². The molecule has 1 N–H and O–H groups in total. The number of azo groups is 3. The standard InChI is InChI=1S/C43H37N7O2/c1-4-28(3)44-37-22-23-39(32-13-7-6-12-31(32)37)47-48-41-26-27-42(36-17-11-10-16-35(36)41)50-49-40-25-24-38(33-14-8-9-15-34(33)40)46-45-30-20-18-29(19-21-30)43(51)52-5-2/h6-28,44H,4-5H2,1-3H3. The van der Waals surface area contributed by atoms with Gasteiger partial charge in [-0.25, -0.2) is 4.79 Å². The maximum Gasteiger partial charge on any atom is 0.338 e. The third-order valence-electron chi connectivity index (χ3n) is 8.85. The van der Waals surface area contributed by atoms with Crippen molar-refractivity contribution >= 4 is 78.1 Å². The minimum atomic E-state index is -0.364. The van der Waals surface area contributed by atoms with E-state index in [0.29, 0.717) is 35.3 Å². The summed E-state index contributed by atoms with van der Waals surface area (Å²) in [5.41, 5.74) is 5.86. The van der Waals surface area contributed by atoms with Gasteiger partial charge in [0, 0.05) is 44.0 Å². The van der Waals surface area contributed by atoms with Gasteiger partial charge in [-0.3, -0.25) is 0 Å². The molecule has 0 bridgehead atoms. The van der Waals surface area contributed by atoms with Crippen LogP contribution in [0.3, 0.4) is 0 Å². The lowest BCUT2D eigenvalue weighted by molar-refractivity contribution is 0.0526. The van der Waals surface area contributed by atoms with Crippen LogP contribution in [0.1, 0.15) is 37.6 Å². The smallest absolute Gasteiger partial charge is 0.338 e. The van der Waals surface area contributed by atoms with E-state index in [9.17, 15) is 4.79 Å². The van der Waals surface area contributed by atoms with Crippen LogP contribution in [0.5, 0.6) is 0 Å². The Morgan fingerprint density at radius 3 is 1.33 bits per heavy atom. The average molecular weight is 684 g/mol. The summed E-state index contributed by atoms with van der Waals surface area (Å²) in [6.45, 7) is 6.46. The number of rotatable bonds is 11. The summed E-state index contributed by atoms with van der Waals surface area (Å²) >= 11 is 0. The molecule has 0 aromatic heterocycles. The number of hydrogen-bond acceptors (Lipinski definition) is 9. The van der Waals surface area contributed by atoms with E-state index in [1.165, 1.54) is 0 Å². The molecule has 7 aromatic rings. The van der Waals surface area contributed by atoms with Crippen molar-refractivity contribution in [2.45, 2.75) is 33.2 Å². The van der Waals surface area contributed by atoms with Gasteiger partial charge in [0.25, 0.3) is 0 Å². The van der Waals surface area contributed by atoms with Crippen LogP contribution in [0, 0.1) is 0 Å². The molecule has 9 heteroatoms. The fourth-order valence-corrected chi connectivity index (χ4v) is 5.95. The number of fused-ring (bicyclic) bond motifs is 3. The third-order valence-corrected chi connectivity index (χ3v) is 8.85. The van der Waals surface area contributed by atoms with Gasteiger partial charge in [-0.15, -0.1) is 25.6 Å². The van der Waals surface area contributed by atoms with Gasteiger partial charge in [0.15, 0.2) is 0 Å². The van der Waals surface area contributed by atoms with Gasteiger partial charge in [-0.2, -0.15) is 5.11 Å². The minimum absolute atomic E-state index is 0.323. The number of carbonyl (C=O) groups excluding carboxylic acids is 1. The fraction of sp³-hybridized carbons (Fsp3) is 0.140. The van der Waals surface area contributed by atoms with E-state index >= 15 is 0 Å². The van der Waals surface area contributed by atoms with Crippen molar-refractivity contribution in [3.8, 4) is 0 Å². The first-order chi connectivity index (χ1) is 25.5. The van der Waals surface area contributed by atoms with Crippen molar-refractivity contribution in [1.29, 1.82) is 0 Å². The van der Waals surface area contributed by atoms with Crippen molar-refractivity contribution in [3.05, 3.63) is 139 Å². The average Bonchev–Trinajstić information content (AvgIpc) is 3.19. The number of esters is 1. The highest BCUT2D eigenvalue weighted by molar-refractivity contribution is 6.02. The number of nitrogens with zero attached hydrogens (tertiary/aromatic N) is 6. The molecule has 0 fully saturated rings. The maximum atomic E-state index is 12.0. The van der Waals surface area contributed by atoms with E-state index < -0.39 is 0 Å². The van der Waals surface area contributed by atoms with Crippen LogP contribution < -0.4 is 5.32 Å². The first kappa shape index (κ1) is 33.9. The van der Waals surface area contributed by atoms with Gasteiger partial charge in [-0.05, 0) is 80.9 Å². The lowest BCUT2D eigenvalue weighted by Gasteiger charge is -2.15. The molecule has 0 aliphatic heterocycles. The van der Waals surface area contributed by atoms with E-state index in [2.05, 4.69) is 47.6 Å². The predicted octanol–water partition coefficient (Wildman–Crippen LogP) is 13.8. The van der Waals surface area contributed by atoms with Gasteiger partial charge in [-0.1, -0.05) is 79.7 Å². The van der Waals surface area contributed by atoms with Gasteiger partial charge in [0.2, 0.25) is 0 Å². The Hall–Kier alpha value is -6.61. The molecule has 0 heterocycles. The molecular formula is C43H37N7O2. The summed E-state index contributed by atoms with van der Waals surface area (Å²) < 4.78 is 5.06. The Kier molecular flexibility index (Phi) is 10.1. The van der Waals surface area contributed by atoms with Crippen LogP contribution in [0.4, 0.5) is 39.8 Å². The van der Waals surface area contributed by atoms with Crippen molar-refractivity contribution < 1.29 is 9.53 Å². The zero-order valence-corrected chi connectivity index (χ0v) is 29.2. The third kappa shape index (κ3) is 7.29. The Morgan fingerprint density at radius 2 is 0.904 bits per heavy atom. The zero-order valence-electron chi connectivity index (χ0n) is 29.2. The molecule has 0 saturated carbocycles. The second-order valence-corrected chi connectivity index (χ2v) is 12.3. The maximum absolute atomic E-state index is 12.0. The summed E-state index contributed by atoms with van der Waals surface area (Å²) in [5.74, 6) is -0.364. The lowest BCUT2D eigenvalue weighted by atomic mass is 10.1. The van der Waals surface area contributed by atoms with Gasteiger partial charge < -0.3 is 10.1 Å². The molecule has 1 unspecified atom stereocenters. The number of ether oxygens (including phenoxy) is 1. The number of anilines is 1. The highest BCUT2D eigenvalue weighted by Gasteiger charge is 2.11. The topological polar surface area (TPSA) is 112 Å².